The van der Waals surface area contributed by atoms with E-state index >= 15 is 0 Å². The zero-order valence-corrected chi connectivity index (χ0v) is 19.0. The van der Waals surface area contributed by atoms with E-state index < -0.39 is 0 Å². The average Bonchev–Trinajstić information content (AvgIpc) is 3.32. The molecule has 0 saturated heterocycles. The first-order valence-corrected chi connectivity index (χ1v) is 9.51. The Labute approximate surface area is 192 Å². The van der Waals surface area contributed by atoms with Crippen molar-refractivity contribution in [1.82, 2.24) is 4.90 Å². The molecule has 0 spiro atoms. The summed E-state index contributed by atoms with van der Waals surface area (Å²) in [6.07, 6.45) is 4.08. The van der Waals surface area contributed by atoms with Gasteiger partial charge < -0.3 is 24.3 Å². The van der Waals surface area contributed by atoms with E-state index in [1.807, 2.05) is 75.0 Å². The summed E-state index contributed by atoms with van der Waals surface area (Å²) in [5.41, 5.74) is 4.20. The van der Waals surface area contributed by atoms with Crippen molar-refractivity contribution in [1.29, 1.82) is 0 Å². The molecule has 3 aromatic rings. The summed E-state index contributed by atoms with van der Waals surface area (Å²) >= 11 is 0. The van der Waals surface area contributed by atoms with Gasteiger partial charge in [-0.1, -0.05) is 17.8 Å². The smallest absolute Gasteiger partial charge is 0.0916 e. The Morgan fingerprint density at radius 1 is 0.800 bits per heavy atom. The molecule has 0 bridgehead atoms. The molecule has 5 nitrogen and oxygen atoms in total. The van der Waals surface area contributed by atoms with Crippen LogP contribution in [0.4, 0.5) is 22.7 Å². The Kier molecular flexibility index (Phi) is 5.73. The Balaban J connectivity index is 0.00000218. The molecule has 0 radical (unpaired) electrons. The molecule has 0 N–H and O–H groups in total. The summed E-state index contributed by atoms with van der Waals surface area (Å²) in [6, 6.07) is 26.9. The van der Waals surface area contributed by atoms with E-state index in [0.29, 0.717) is 11.5 Å². The molecule has 6 heteroatoms. The zero-order chi connectivity index (χ0) is 19.8. The van der Waals surface area contributed by atoms with E-state index in [2.05, 4.69) is 50.5 Å². The summed E-state index contributed by atoms with van der Waals surface area (Å²) in [7, 11) is 4.09. The number of nitrogens with zero attached hydrogens (tertiary/aromatic N) is 4. The van der Waals surface area contributed by atoms with Crippen LogP contribution in [0.1, 0.15) is 0 Å². The maximum atomic E-state index is 6.09. The van der Waals surface area contributed by atoms with Gasteiger partial charge in [0.2, 0.25) is 0 Å². The number of anilines is 4. The number of hydrogen-bond donors (Lipinski definition) is 0. The number of benzene rings is 3. The molecule has 0 atom stereocenters. The van der Waals surface area contributed by atoms with Gasteiger partial charge in [-0.05, 0) is 19.2 Å². The van der Waals surface area contributed by atoms with Gasteiger partial charge in [-0.25, -0.2) is 0 Å². The predicted octanol–water partition coefficient (Wildman–Crippen LogP) is 4.96. The van der Waals surface area contributed by atoms with Gasteiger partial charge >= 0.3 is 0 Å². The predicted molar refractivity (Wildman–Crippen MR) is 116 cm³/mol. The van der Waals surface area contributed by atoms with Crippen LogP contribution in [0, 0.1) is 18.8 Å². The molecule has 0 fully saturated rings. The SMILES string of the molecule is CN1C=CN(c2[c-]c(Oc3[c-]c(N4[CH-]N(C)c5ccccc54)ccc3)ccc2)C1.[Pt]. The van der Waals surface area contributed by atoms with E-state index in [0.717, 1.165) is 29.4 Å². The maximum Gasteiger partial charge on any atom is 0.0916 e. The Morgan fingerprint density at radius 2 is 1.47 bits per heavy atom. The van der Waals surface area contributed by atoms with Crippen LogP contribution in [0.25, 0.3) is 0 Å². The van der Waals surface area contributed by atoms with Gasteiger partial charge in [0.05, 0.1) is 6.67 Å². The first-order valence-electron chi connectivity index (χ1n) is 9.51. The molecule has 2 heterocycles. The van der Waals surface area contributed by atoms with Gasteiger partial charge in [-0.2, -0.15) is 18.8 Å². The molecule has 3 aromatic carbocycles. The van der Waals surface area contributed by atoms with Crippen LogP contribution in [-0.4, -0.2) is 25.7 Å². The van der Waals surface area contributed by atoms with Crippen molar-refractivity contribution < 1.29 is 25.8 Å². The number of ether oxygens (including phenoxy) is 1. The van der Waals surface area contributed by atoms with Crippen molar-refractivity contribution in [2.45, 2.75) is 0 Å². The zero-order valence-electron chi connectivity index (χ0n) is 16.7. The summed E-state index contributed by atoms with van der Waals surface area (Å²) in [4.78, 5) is 8.46. The Bertz CT molecular complexity index is 1070. The summed E-state index contributed by atoms with van der Waals surface area (Å²) in [6.45, 7) is 2.86. The second kappa shape index (κ2) is 8.45. The third-order valence-electron chi connectivity index (χ3n) is 4.98. The third kappa shape index (κ3) is 3.90. The molecule has 5 rings (SSSR count). The molecule has 156 valence electrons. The molecule has 0 unspecified atom stereocenters. The summed E-state index contributed by atoms with van der Waals surface area (Å²) in [5.74, 6) is 1.33. The molecular weight excluding hydrogens is 555 g/mol. The quantitative estimate of drug-likeness (QED) is 0.409. The van der Waals surface area contributed by atoms with Crippen molar-refractivity contribution in [3.8, 4) is 11.5 Å². The Morgan fingerprint density at radius 3 is 2.17 bits per heavy atom. The maximum absolute atomic E-state index is 6.09. The summed E-state index contributed by atoms with van der Waals surface area (Å²) < 4.78 is 6.09. The van der Waals surface area contributed by atoms with E-state index in [1.165, 1.54) is 0 Å². The van der Waals surface area contributed by atoms with Crippen LogP contribution in [0.3, 0.4) is 0 Å². The minimum atomic E-state index is 0. The fraction of sp³-hybridized carbons (Fsp3) is 0.125. The van der Waals surface area contributed by atoms with Gasteiger partial charge in [-0.3, -0.25) is 0 Å². The van der Waals surface area contributed by atoms with Crippen molar-refractivity contribution in [3.63, 3.8) is 0 Å². The van der Waals surface area contributed by atoms with E-state index in [4.69, 9.17) is 4.74 Å². The number of para-hydroxylation sites is 2. The molecule has 30 heavy (non-hydrogen) atoms. The van der Waals surface area contributed by atoms with Crippen LogP contribution in [0.2, 0.25) is 0 Å². The molecule has 0 saturated carbocycles. The van der Waals surface area contributed by atoms with Crippen molar-refractivity contribution in [2.75, 3.05) is 35.5 Å². The number of hydrogen-bond acceptors (Lipinski definition) is 5. The third-order valence-corrected chi connectivity index (χ3v) is 4.98. The second-order valence-electron chi connectivity index (χ2n) is 7.15. The molecule has 0 aromatic heterocycles. The second-order valence-corrected chi connectivity index (χ2v) is 7.15. The standard InChI is InChI=1S/C24H21N4O.Pt/c1-25-13-14-27(17-25)19-7-5-9-21(15-19)29-22-10-6-8-20(16-22)28-18-26(2)23-11-3-4-12-24(23)28;/h3-14,18H,17H2,1-2H3;/q-3;. The normalized spacial score (nSPS) is 14.7. The monoisotopic (exact) mass is 576 g/mol. The minimum Gasteiger partial charge on any atom is -0.509 e. The van der Waals surface area contributed by atoms with Crippen LogP contribution in [0.15, 0.2) is 73.1 Å². The average molecular weight is 577 g/mol. The molecule has 0 amide bonds. The first-order chi connectivity index (χ1) is 14.2. The molecule has 0 aliphatic carbocycles. The van der Waals surface area contributed by atoms with E-state index in [-0.39, 0.29) is 21.1 Å². The van der Waals surface area contributed by atoms with Crippen molar-refractivity contribution >= 4 is 22.7 Å². The van der Waals surface area contributed by atoms with E-state index in [1.54, 1.807) is 0 Å². The largest absolute Gasteiger partial charge is 0.509 e. The first kappa shape index (κ1) is 20.4. The van der Waals surface area contributed by atoms with Gasteiger partial charge in [0, 0.05) is 63.4 Å². The van der Waals surface area contributed by atoms with Crippen molar-refractivity contribution in [2.24, 2.45) is 0 Å². The van der Waals surface area contributed by atoms with Gasteiger partial charge in [-0.15, -0.1) is 42.1 Å². The molecule has 2 aliphatic rings. The van der Waals surface area contributed by atoms with Gasteiger partial charge in [0.15, 0.2) is 0 Å². The summed E-state index contributed by atoms with van der Waals surface area (Å²) in [5, 5.41) is 0. The van der Waals surface area contributed by atoms with Crippen LogP contribution >= 0.6 is 0 Å². The molecular formula is C24H21N4OPt-3. The fourth-order valence-corrected chi connectivity index (χ4v) is 3.56. The number of fused-ring (bicyclic) bond motifs is 1. The van der Waals surface area contributed by atoms with Crippen molar-refractivity contribution in [3.05, 3.63) is 91.9 Å². The van der Waals surface area contributed by atoms with Gasteiger partial charge in [0.1, 0.15) is 0 Å². The van der Waals surface area contributed by atoms with Crippen LogP contribution in [-0.2, 0) is 21.1 Å². The topological polar surface area (TPSA) is 22.2 Å². The van der Waals surface area contributed by atoms with Crippen LogP contribution in [0.5, 0.6) is 11.5 Å². The minimum absolute atomic E-state index is 0. The molecule has 2 aliphatic heterocycles. The van der Waals surface area contributed by atoms with Gasteiger partial charge in [0.25, 0.3) is 0 Å². The fourth-order valence-electron chi connectivity index (χ4n) is 3.56. The van der Waals surface area contributed by atoms with E-state index in [9.17, 15) is 0 Å². The number of rotatable bonds is 4. The Hall–Kier alpha value is -2.91. The van der Waals surface area contributed by atoms with Crippen LogP contribution < -0.4 is 19.4 Å².